The van der Waals surface area contributed by atoms with Crippen molar-refractivity contribution in [1.82, 2.24) is 5.32 Å². The number of rotatable bonds is 5. The lowest BCUT2D eigenvalue weighted by atomic mass is 9.82. The summed E-state index contributed by atoms with van der Waals surface area (Å²) in [7, 11) is 0. The molecule has 2 aliphatic rings. The van der Waals surface area contributed by atoms with Gasteiger partial charge < -0.3 is 15.2 Å². The van der Waals surface area contributed by atoms with Gasteiger partial charge in [-0.25, -0.2) is 4.39 Å². The van der Waals surface area contributed by atoms with Gasteiger partial charge in [0.05, 0.1) is 23.3 Å². The average molecular weight is 519 g/mol. The zero-order valence-electron chi connectivity index (χ0n) is 19.0. The van der Waals surface area contributed by atoms with Gasteiger partial charge in [-0.2, -0.15) is 26.3 Å². The van der Waals surface area contributed by atoms with Crippen LogP contribution >= 0.6 is 0 Å². The van der Waals surface area contributed by atoms with Crippen molar-refractivity contribution in [3.8, 4) is 0 Å². The van der Waals surface area contributed by atoms with Crippen LogP contribution in [-0.2, 0) is 21.9 Å². The lowest BCUT2D eigenvalue weighted by molar-refractivity contribution is -0.143. The summed E-state index contributed by atoms with van der Waals surface area (Å²) in [6.45, 7) is 1.38. The molecule has 11 heteroatoms. The zero-order valence-corrected chi connectivity index (χ0v) is 19.0. The van der Waals surface area contributed by atoms with Crippen LogP contribution in [0, 0.1) is 11.7 Å². The molecule has 1 saturated carbocycles. The van der Waals surface area contributed by atoms with E-state index in [9.17, 15) is 40.6 Å². The third kappa shape index (κ3) is 5.51. The Bertz CT molecular complexity index is 1070. The fourth-order valence-electron chi connectivity index (χ4n) is 5.26. The van der Waals surface area contributed by atoms with Crippen molar-refractivity contribution in [2.24, 2.45) is 5.92 Å². The summed E-state index contributed by atoms with van der Waals surface area (Å²) in [6.07, 6.45) is -11.8. The molecule has 0 radical (unpaired) electrons. The van der Waals surface area contributed by atoms with Gasteiger partial charge in [-0.05, 0) is 67.1 Å². The second kappa shape index (κ2) is 9.66. The third-order valence-electron chi connectivity index (χ3n) is 6.98. The van der Waals surface area contributed by atoms with Crippen molar-refractivity contribution in [3.05, 3.63) is 70.5 Å². The molecule has 2 aromatic rings. The second-order valence-corrected chi connectivity index (χ2v) is 9.34. The number of carbonyl (C=O) groups is 1. The van der Waals surface area contributed by atoms with Gasteiger partial charge in [-0.15, -0.1) is 0 Å². The van der Waals surface area contributed by atoms with E-state index >= 15 is 0 Å². The quantitative estimate of drug-likeness (QED) is 0.495. The molecule has 4 rings (SSSR count). The van der Waals surface area contributed by atoms with E-state index in [0.717, 1.165) is 0 Å². The van der Waals surface area contributed by atoms with E-state index in [1.54, 1.807) is 12.1 Å². The Morgan fingerprint density at radius 3 is 2.06 bits per heavy atom. The number of halogens is 7. The van der Waals surface area contributed by atoms with E-state index in [1.165, 1.54) is 19.1 Å². The standard InChI is InChI=1S/C25H24F7NO3/c1-12(14-8-15(24(27,28)29)10-16(9-14)25(30,31)32)36-21-7-6-18(19-11-20(34)23(35)33-19)22(21)13-2-4-17(26)5-3-13/h2-5,8-10,12,18-22,34H,6-7,11H2,1H3,(H,33,35)/t12-,18+,19-,20-,21+,22+/m1/s1. The van der Waals surface area contributed by atoms with Crippen LogP contribution in [-0.4, -0.2) is 29.3 Å². The van der Waals surface area contributed by atoms with Crippen LogP contribution in [0.5, 0.6) is 0 Å². The predicted molar refractivity (Wildman–Crippen MR) is 114 cm³/mol. The molecule has 2 N–H and O–H groups in total. The zero-order chi connectivity index (χ0) is 26.4. The minimum absolute atomic E-state index is 0.0667. The topological polar surface area (TPSA) is 58.6 Å². The first-order valence-corrected chi connectivity index (χ1v) is 11.4. The number of alkyl halides is 6. The third-order valence-corrected chi connectivity index (χ3v) is 6.98. The molecule has 0 spiro atoms. The van der Waals surface area contributed by atoms with Gasteiger partial charge in [0.15, 0.2) is 0 Å². The molecule has 2 aromatic carbocycles. The molecule has 0 aromatic heterocycles. The molecule has 0 bridgehead atoms. The van der Waals surface area contributed by atoms with E-state index in [-0.39, 0.29) is 24.0 Å². The van der Waals surface area contributed by atoms with E-state index in [2.05, 4.69) is 5.32 Å². The first-order valence-electron chi connectivity index (χ1n) is 11.4. The molecule has 1 saturated heterocycles. The lowest BCUT2D eigenvalue weighted by Crippen LogP contribution is -2.36. The number of aliphatic hydroxyl groups is 1. The lowest BCUT2D eigenvalue weighted by Gasteiger charge is -2.31. The van der Waals surface area contributed by atoms with Gasteiger partial charge in [-0.3, -0.25) is 4.79 Å². The van der Waals surface area contributed by atoms with E-state index < -0.39 is 65.5 Å². The van der Waals surface area contributed by atoms with Crippen LogP contribution < -0.4 is 5.32 Å². The first kappa shape index (κ1) is 26.4. The van der Waals surface area contributed by atoms with E-state index in [4.69, 9.17) is 4.74 Å². The van der Waals surface area contributed by atoms with Crippen LogP contribution in [0.15, 0.2) is 42.5 Å². The molecular formula is C25H24F7NO3. The Balaban J connectivity index is 1.64. The van der Waals surface area contributed by atoms with Gasteiger partial charge in [0.1, 0.15) is 11.9 Å². The summed E-state index contributed by atoms with van der Waals surface area (Å²) < 4.78 is 99.5. The normalized spacial score (nSPS) is 27.8. The Kier molecular flexibility index (Phi) is 7.09. The van der Waals surface area contributed by atoms with Gasteiger partial charge in [-0.1, -0.05) is 12.1 Å². The minimum Gasteiger partial charge on any atom is -0.383 e. The molecule has 196 valence electrons. The highest BCUT2D eigenvalue weighted by Crippen LogP contribution is 2.47. The Morgan fingerprint density at radius 2 is 1.56 bits per heavy atom. The molecular weight excluding hydrogens is 495 g/mol. The van der Waals surface area contributed by atoms with Crippen LogP contribution in [0.25, 0.3) is 0 Å². The van der Waals surface area contributed by atoms with Crippen LogP contribution in [0.2, 0.25) is 0 Å². The molecule has 36 heavy (non-hydrogen) atoms. The summed E-state index contributed by atoms with van der Waals surface area (Å²) in [5, 5.41) is 12.6. The second-order valence-electron chi connectivity index (χ2n) is 9.34. The largest absolute Gasteiger partial charge is 0.416 e. The number of aliphatic hydroxyl groups excluding tert-OH is 1. The Morgan fingerprint density at radius 1 is 0.972 bits per heavy atom. The number of nitrogens with one attached hydrogen (secondary N) is 1. The van der Waals surface area contributed by atoms with Gasteiger partial charge in [0, 0.05) is 18.4 Å². The number of carbonyl (C=O) groups excluding carboxylic acids is 1. The van der Waals surface area contributed by atoms with Crippen molar-refractivity contribution in [2.75, 3.05) is 0 Å². The predicted octanol–water partition coefficient (Wildman–Crippen LogP) is 5.75. The SMILES string of the molecule is C[C@@H](O[C@H]1CC[C@@H]([C@H]2C[C@@H](O)C(=O)N2)[C@@H]1c1ccc(F)cc1)c1cc(C(F)(F)F)cc(C(F)(F)F)c1. The summed E-state index contributed by atoms with van der Waals surface area (Å²) in [4.78, 5) is 11.9. The van der Waals surface area contributed by atoms with Crippen molar-refractivity contribution in [3.63, 3.8) is 0 Å². The summed E-state index contributed by atoms with van der Waals surface area (Å²) in [5.74, 6) is -1.66. The molecule has 1 aliphatic carbocycles. The maximum Gasteiger partial charge on any atom is 0.416 e. The smallest absolute Gasteiger partial charge is 0.383 e. The molecule has 4 nitrogen and oxygen atoms in total. The highest BCUT2D eigenvalue weighted by atomic mass is 19.4. The molecule has 1 heterocycles. The number of benzene rings is 2. The van der Waals surface area contributed by atoms with E-state index in [1.807, 2.05) is 0 Å². The van der Waals surface area contributed by atoms with Crippen molar-refractivity contribution >= 4 is 5.91 Å². The molecule has 2 fully saturated rings. The molecule has 1 amide bonds. The summed E-state index contributed by atoms with van der Waals surface area (Å²) in [5.41, 5.74) is -2.47. The molecule has 6 atom stereocenters. The van der Waals surface area contributed by atoms with Crippen LogP contribution in [0.4, 0.5) is 30.7 Å². The summed E-state index contributed by atoms with van der Waals surface area (Å²) in [6, 6.07) is 6.52. The fraction of sp³-hybridized carbons (Fsp3) is 0.480. The van der Waals surface area contributed by atoms with Crippen molar-refractivity contribution < 1.29 is 45.4 Å². The highest BCUT2D eigenvalue weighted by molar-refractivity contribution is 5.83. The Labute approximate surface area is 202 Å². The van der Waals surface area contributed by atoms with Crippen LogP contribution in [0.3, 0.4) is 0 Å². The Hall–Kier alpha value is -2.66. The van der Waals surface area contributed by atoms with E-state index in [0.29, 0.717) is 30.5 Å². The first-order chi connectivity index (χ1) is 16.7. The summed E-state index contributed by atoms with van der Waals surface area (Å²) >= 11 is 0. The monoisotopic (exact) mass is 519 g/mol. The maximum atomic E-state index is 13.6. The molecule has 1 aliphatic heterocycles. The number of ether oxygens (including phenoxy) is 1. The number of hydrogen-bond donors (Lipinski definition) is 2. The van der Waals surface area contributed by atoms with Crippen molar-refractivity contribution in [1.29, 1.82) is 0 Å². The van der Waals surface area contributed by atoms with Gasteiger partial charge in [0.25, 0.3) is 0 Å². The maximum absolute atomic E-state index is 13.6. The average Bonchev–Trinajstić information content (AvgIpc) is 3.35. The fourth-order valence-corrected chi connectivity index (χ4v) is 5.26. The van der Waals surface area contributed by atoms with Crippen molar-refractivity contribution in [2.45, 2.75) is 68.8 Å². The van der Waals surface area contributed by atoms with Gasteiger partial charge in [0.2, 0.25) is 5.91 Å². The van der Waals surface area contributed by atoms with Crippen LogP contribution in [0.1, 0.15) is 60.5 Å². The number of hydrogen-bond acceptors (Lipinski definition) is 3. The van der Waals surface area contributed by atoms with Gasteiger partial charge >= 0.3 is 12.4 Å². The minimum atomic E-state index is -4.98. The molecule has 0 unspecified atom stereocenters. The highest BCUT2D eigenvalue weighted by Gasteiger charge is 2.46. The number of amides is 1.